The Balaban J connectivity index is -0.0000000689. The smallest absolute Gasteiger partial charge is 0.0798 e. The van der Waals surface area contributed by atoms with E-state index in [0.29, 0.717) is 0 Å². The second kappa shape index (κ2) is 36.7. The number of rotatable bonds is 0. The Morgan fingerprint density at radius 2 is 1.27 bits per heavy atom. The molecule has 0 aliphatic carbocycles. The van der Waals surface area contributed by atoms with Crippen LogP contribution in [0, 0.1) is 0 Å². The first-order valence-electron chi connectivity index (χ1n) is 4.32. The largest absolute Gasteiger partial charge is 0.301 e. The summed E-state index contributed by atoms with van der Waals surface area (Å²) in [4.78, 5) is 8.07. The first-order valence-corrected chi connectivity index (χ1v) is 5.20. The second-order valence-electron chi connectivity index (χ2n) is 2.71. The van der Waals surface area contributed by atoms with Crippen molar-refractivity contribution >= 4 is 11.3 Å². The summed E-state index contributed by atoms with van der Waals surface area (Å²) in [6.45, 7) is 2.26. The van der Waals surface area contributed by atoms with E-state index in [1.807, 2.05) is 5.51 Å². The summed E-state index contributed by atoms with van der Waals surface area (Å²) in [7, 11) is 2.16. The number of thiazole rings is 1. The molecular weight excluding hydrogens is 372 g/mol. The highest BCUT2D eigenvalue weighted by Crippen LogP contribution is 2.19. The van der Waals surface area contributed by atoms with E-state index in [1.165, 1.54) is 10.6 Å². The lowest BCUT2D eigenvalue weighted by molar-refractivity contribution is 0.108. The van der Waals surface area contributed by atoms with E-state index in [9.17, 15) is 0 Å². The van der Waals surface area contributed by atoms with Crippen molar-refractivity contribution in [3.8, 4) is 0 Å². The predicted molar refractivity (Wildman–Crippen MR) is 55.4 cm³/mol. The third-order valence-corrected chi connectivity index (χ3v) is 2.73. The lowest BCUT2D eigenvalue weighted by atomic mass is 10.2. The van der Waals surface area contributed by atoms with E-state index in [2.05, 4.69) is 16.9 Å². The first-order chi connectivity index (χ1) is 10.9. The zero-order valence-corrected chi connectivity index (χ0v) is 11.4. The topological polar surface area (TPSA) is 16.1 Å². The van der Waals surface area contributed by atoms with Gasteiger partial charge >= 0.3 is 0 Å². The van der Waals surface area contributed by atoms with E-state index in [-0.39, 0.29) is 0 Å². The monoisotopic (exact) mass is 382 g/mol. The summed E-state index contributed by atoms with van der Waals surface area (Å²) < 4.78 is 96.0. The summed E-state index contributed by atoms with van der Waals surface area (Å²) in [6, 6.07) is 0. The van der Waals surface area contributed by atoms with Gasteiger partial charge in [-0.25, -0.2) is 4.98 Å². The van der Waals surface area contributed by atoms with Crippen molar-refractivity contribution in [2.75, 3.05) is 13.6 Å². The van der Waals surface area contributed by atoms with Gasteiger partial charge in [-0.05, 0) is 7.05 Å². The van der Waals surface area contributed by atoms with Crippen LogP contribution in [-0.4, -0.2) is 23.5 Å². The van der Waals surface area contributed by atoms with Gasteiger partial charge in [-0.2, -0.15) is 0 Å². The van der Waals surface area contributed by atoms with Gasteiger partial charge in [-0.3, -0.25) is 0 Å². The molecule has 0 atom stereocenters. The van der Waals surface area contributed by atoms with Gasteiger partial charge in [-0.15, -0.1) is 11.3 Å². The number of halogens is 12. The zero-order valence-electron chi connectivity index (χ0n) is 10.5. The van der Waals surface area contributed by atoms with Crippen molar-refractivity contribution < 1.29 is 54.9 Å². The summed E-state index contributed by atoms with van der Waals surface area (Å²) in [5.74, 6) is 0. The van der Waals surface area contributed by atoms with Gasteiger partial charge in [-0.1, -0.05) is 0 Å². The van der Waals surface area contributed by atoms with E-state index in [0.717, 1.165) is 19.5 Å². The molecule has 2 nitrogen and oxygen atoms in total. The number of aromatic nitrogens is 1. The Bertz CT molecular complexity index is 253. The van der Waals surface area contributed by atoms with Crippen molar-refractivity contribution in [3.05, 3.63) is 16.1 Å². The van der Waals surface area contributed by atoms with Gasteiger partial charge < -0.3 is 4.90 Å². The molecule has 1 aromatic rings. The molecule has 1 aliphatic heterocycles. The number of hydrogen-bond acceptors (Lipinski definition) is 3. The molecule has 0 spiro atoms. The molecule has 22 heavy (non-hydrogen) atoms. The van der Waals surface area contributed by atoms with E-state index in [4.69, 9.17) is 54.9 Å². The standard InChI is InChI=1S/C7H10N2S.6F2/c1-9-3-2-6-7(4-9)10-5-8-6;6*1-2/h5H,2-4H2,1H3;;;;;;. The van der Waals surface area contributed by atoms with Crippen molar-refractivity contribution in [1.29, 1.82) is 0 Å². The van der Waals surface area contributed by atoms with Crippen molar-refractivity contribution in [3.63, 3.8) is 0 Å². The minimum absolute atomic E-state index is 1.10. The maximum Gasteiger partial charge on any atom is 0.0798 e. The van der Waals surface area contributed by atoms with E-state index in [1.54, 1.807) is 11.3 Å². The third kappa shape index (κ3) is 18.8. The quantitative estimate of drug-likeness (QED) is 0.499. The van der Waals surface area contributed by atoms with E-state index < -0.39 is 0 Å². The molecule has 0 radical (unpaired) electrons. The van der Waals surface area contributed by atoms with Gasteiger partial charge in [0.05, 0.1) is 11.2 Å². The van der Waals surface area contributed by atoms with Crippen molar-refractivity contribution in [2.45, 2.75) is 13.0 Å². The molecule has 0 N–H and O–H groups in total. The van der Waals surface area contributed by atoms with Gasteiger partial charge in [0.15, 0.2) is 0 Å². The maximum absolute atomic E-state index is 8.00. The average Bonchev–Trinajstić information content (AvgIpc) is 3.13. The van der Waals surface area contributed by atoms with Crippen molar-refractivity contribution in [2.24, 2.45) is 0 Å². The third-order valence-electron chi connectivity index (χ3n) is 1.87. The molecule has 0 fully saturated rings. The Kier molecular flexibility index (Phi) is 54.5. The van der Waals surface area contributed by atoms with Crippen LogP contribution in [0.25, 0.3) is 0 Å². The average molecular weight is 382 g/mol. The number of nitrogens with zero attached hydrogens (tertiary/aromatic N) is 2. The SMILES string of the molecule is CN1CCc2ncsc2C1.FF.FF.FF.FF.FF.FF. The molecule has 15 heteroatoms. The summed E-state index contributed by atoms with van der Waals surface area (Å²) in [6.07, 6.45) is 1.13. The highest BCUT2D eigenvalue weighted by molar-refractivity contribution is 7.09. The summed E-state index contributed by atoms with van der Waals surface area (Å²) in [5.41, 5.74) is 3.27. The van der Waals surface area contributed by atoms with Crippen LogP contribution in [0.2, 0.25) is 0 Å². The molecule has 0 saturated heterocycles. The molecule has 2 heterocycles. The van der Waals surface area contributed by atoms with Gasteiger partial charge in [0, 0.05) is 79.3 Å². The highest BCUT2D eigenvalue weighted by atomic mass is 32.1. The van der Waals surface area contributed by atoms with E-state index >= 15 is 0 Å². The molecule has 0 saturated carbocycles. The normalized spacial score (nSPS) is 10.2. The molecule has 0 amide bonds. The van der Waals surface area contributed by atoms with Crippen LogP contribution < -0.4 is 0 Å². The minimum atomic E-state index is 1.10. The number of likely N-dealkylation sites (N-methyl/N-ethyl adjacent to an activating group) is 1. The molecule has 0 bridgehead atoms. The van der Waals surface area contributed by atoms with Crippen LogP contribution in [0.4, 0.5) is 54.9 Å². The molecule has 138 valence electrons. The van der Waals surface area contributed by atoms with Crippen LogP contribution in [0.3, 0.4) is 0 Å². The molecule has 1 aliphatic rings. The first kappa shape index (κ1) is 32.6. The van der Waals surface area contributed by atoms with Crippen LogP contribution in [-0.2, 0) is 13.0 Å². The molecule has 2 rings (SSSR count). The molecule has 0 aromatic carbocycles. The Hall–Kier alpha value is -1.25. The van der Waals surface area contributed by atoms with Gasteiger partial charge in [0.2, 0.25) is 0 Å². The molecular formula is C7H10F12N2S. The van der Waals surface area contributed by atoms with Crippen LogP contribution >= 0.6 is 11.3 Å². The minimum Gasteiger partial charge on any atom is -0.301 e. The maximum atomic E-state index is 8.00. The fourth-order valence-electron chi connectivity index (χ4n) is 1.25. The predicted octanol–water partition coefficient (Wildman–Crippen LogP) is 6.17. The van der Waals surface area contributed by atoms with Crippen LogP contribution in [0.1, 0.15) is 10.6 Å². The Morgan fingerprint density at radius 3 is 1.68 bits per heavy atom. The second-order valence-corrected chi connectivity index (χ2v) is 3.65. The molecule has 0 unspecified atom stereocenters. The number of hydrogen-bond donors (Lipinski definition) is 0. The van der Waals surface area contributed by atoms with Gasteiger partial charge in [0.25, 0.3) is 0 Å². The fourth-order valence-corrected chi connectivity index (χ4v) is 2.14. The lowest BCUT2D eigenvalue weighted by Crippen LogP contribution is -2.25. The van der Waals surface area contributed by atoms with Gasteiger partial charge in [0.1, 0.15) is 0 Å². The summed E-state index contributed by atoms with van der Waals surface area (Å²) in [5, 5.41) is 0. The molecule has 1 aromatic heterocycles. The van der Waals surface area contributed by atoms with Crippen LogP contribution in [0.5, 0.6) is 0 Å². The zero-order chi connectivity index (χ0) is 19.0. The van der Waals surface area contributed by atoms with Crippen LogP contribution in [0.15, 0.2) is 5.51 Å². The summed E-state index contributed by atoms with van der Waals surface area (Å²) >= 11 is 1.78. The fraction of sp³-hybridized carbons (Fsp3) is 0.571. The van der Waals surface area contributed by atoms with Crippen molar-refractivity contribution in [1.82, 2.24) is 9.88 Å². The lowest BCUT2D eigenvalue weighted by Gasteiger charge is -2.20. The highest BCUT2D eigenvalue weighted by Gasteiger charge is 2.14. The Morgan fingerprint density at radius 1 is 0.864 bits per heavy atom. The Labute approximate surface area is 120 Å². The number of fused-ring (bicyclic) bond motifs is 1.